The standard InChI is InChI=1S/C26H35Cl2N3O3/c1-17(20-10-11-21(34-6)24(28)23(20)27)29-25(32)31(15-18-8-7-9-19(14-18)33-5)22-12-13-30(4)16-26(22,2)3/h7-11,14,17,22H,12-13,15-16H2,1-6H3,(H,29,32)/t17-,22?/m1/s1. The normalized spacial score (nSPS) is 18.8. The summed E-state index contributed by atoms with van der Waals surface area (Å²) in [5.74, 6) is 1.27. The van der Waals surface area contributed by atoms with Crippen LogP contribution in [0.5, 0.6) is 11.5 Å². The highest BCUT2D eigenvalue weighted by Gasteiger charge is 2.40. The third-order valence-electron chi connectivity index (χ3n) is 6.59. The number of nitrogens with one attached hydrogen (secondary N) is 1. The molecule has 1 saturated heterocycles. The van der Waals surface area contributed by atoms with Crippen LogP contribution in [0.25, 0.3) is 0 Å². The van der Waals surface area contributed by atoms with E-state index >= 15 is 0 Å². The van der Waals surface area contributed by atoms with Crippen molar-refractivity contribution in [2.45, 2.75) is 45.8 Å². The number of likely N-dealkylation sites (tertiary alicyclic amines) is 1. The molecular weight excluding hydrogens is 473 g/mol. The van der Waals surface area contributed by atoms with Crippen LogP contribution in [-0.4, -0.2) is 56.2 Å². The maximum atomic E-state index is 13.7. The summed E-state index contributed by atoms with van der Waals surface area (Å²) in [6.45, 7) is 8.68. The van der Waals surface area contributed by atoms with Gasteiger partial charge in [0.05, 0.1) is 25.3 Å². The summed E-state index contributed by atoms with van der Waals surface area (Å²) < 4.78 is 10.6. The predicted octanol–water partition coefficient (Wildman–Crippen LogP) is 6.01. The number of carbonyl (C=O) groups is 1. The van der Waals surface area contributed by atoms with E-state index in [9.17, 15) is 4.79 Å². The van der Waals surface area contributed by atoms with Gasteiger partial charge in [-0.15, -0.1) is 0 Å². The minimum absolute atomic E-state index is 0.0667. The number of hydrogen-bond donors (Lipinski definition) is 1. The number of hydrogen-bond acceptors (Lipinski definition) is 4. The smallest absolute Gasteiger partial charge is 0.318 e. The number of halogens is 2. The van der Waals surface area contributed by atoms with Crippen molar-refractivity contribution in [1.29, 1.82) is 0 Å². The van der Waals surface area contributed by atoms with Gasteiger partial charge in [0.25, 0.3) is 0 Å². The van der Waals surface area contributed by atoms with E-state index in [0.717, 1.165) is 36.4 Å². The van der Waals surface area contributed by atoms with Crippen molar-refractivity contribution in [3.05, 3.63) is 57.6 Å². The highest BCUT2D eigenvalue weighted by atomic mass is 35.5. The van der Waals surface area contributed by atoms with Crippen LogP contribution < -0.4 is 14.8 Å². The Morgan fingerprint density at radius 2 is 1.94 bits per heavy atom. The van der Waals surface area contributed by atoms with Crippen molar-refractivity contribution in [2.75, 3.05) is 34.4 Å². The fourth-order valence-corrected chi connectivity index (χ4v) is 5.44. The SMILES string of the molecule is COc1cccc(CN(C(=O)N[C@H](C)c2ccc(OC)c(Cl)c2Cl)C2CCN(C)CC2(C)C)c1. The van der Waals surface area contributed by atoms with E-state index in [1.807, 2.05) is 42.2 Å². The van der Waals surface area contributed by atoms with Crippen LogP contribution in [0.2, 0.25) is 10.0 Å². The number of rotatable bonds is 7. The zero-order valence-electron chi connectivity index (χ0n) is 20.8. The van der Waals surface area contributed by atoms with Gasteiger partial charge in [0, 0.05) is 19.1 Å². The molecule has 1 aliphatic heterocycles. The average Bonchev–Trinajstić information content (AvgIpc) is 2.79. The molecular formula is C26H35Cl2N3O3. The van der Waals surface area contributed by atoms with Gasteiger partial charge in [-0.25, -0.2) is 4.79 Å². The molecule has 8 heteroatoms. The second kappa shape index (κ2) is 11.1. The van der Waals surface area contributed by atoms with Crippen LogP contribution in [0.4, 0.5) is 4.79 Å². The van der Waals surface area contributed by atoms with Gasteiger partial charge in [0.15, 0.2) is 0 Å². The molecule has 1 unspecified atom stereocenters. The van der Waals surface area contributed by atoms with E-state index in [4.69, 9.17) is 32.7 Å². The Hall–Kier alpha value is -2.15. The molecule has 0 spiro atoms. The lowest BCUT2D eigenvalue weighted by atomic mass is 9.78. The van der Waals surface area contributed by atoms with Crippen LogP contribution in [-0.2, 0) is 6.54 Å². The third kappa shape index (κ3) is 5.91. The Labute approximate surface area is 213 Å². The van der Waals surface area contributed by atoms with Crippen LogP contribution in [0.15, 0.2) is 36.4 Å². The number of benzene rings is 2. The minimum atomic E-state index is -0.342. The predicted molar refractivity (Wildman–Crippen MR) is 138 cm³/mol. The summed E-state index contributed by atoms with van der Waals surface area (Å²) in [5.41, 5.74) is 1.68. The number of amides is 2. The highest BCUT2D eigenvalue weighted by molar-refractivity contribution is 6.43. The van der Waals surface area contributed by atoms with Crippen molar-refractivity contribution in [2.24, 2.45) is 5.41 Å². The maximum Gasteiger partial charge on any atom is 0.318 e. The molecule has 2 aromatic carbocycles. The van der Waals surface area contributed by atoms with Gasteiger partial charge in [0.1, 0.15) is 16.5 Å². The highest BCUT2D eigenvalue weighted by Crippen LogP contribution is 2.38. The van der Waals surface area contributed by atoms with Crippen LogP contribution >= 0.6 is 23.2 Å². The molecule has 6 nitrogen and oxygen atoms in total. The lowest BCUT2D eigenvalue weighted by Crippen LogP contribution is -2.58. The Morgan fingerprint density at radius 3 is 2.59 bits per heavy atom. The Kier molecular flexibility index (Phi) is 8.61. The van der Waals surface area contributed by atoms with Gasteiger partial charge < -0.3 is 24.6 Å². The fourth-order valence-electron chi connectivity index (χ4n) is 4.87. The fraction of sp³-hybridized carbons (Fsp3) is 0.500. The number of piperidine rings is 1. The molecule has 0 aromatic heterocycles. The van der Waals surface area contributed by atoms with Crippen LogP contribution in [0.1, 0.15) is 44.4 Å². The molecule has 1 fully saturated rings. The van der Waals surface area contributed by atoms with Crippen molar-refractivity contribution in [3.8, 4) is 11.5 Å². The van der Waals surface area contributed by atoms with Gasteiger partial charge in [-0.1, -0.05) is 55.2 Å². The first-order chi connectivity index (χ1) is 16.1. The van der Waals surface area contributed by atoms with Gasteiger partial charge in [-0.3, -0.25) is 0 Å². The third-order valence-corrected chi connectivity index (χ3v) is 7.47. The average molecular weight is 508 g/mol. The molecule has 1 heterocycles. The molecule has 1 N–H and O–H groups in total. The van der Waals surface area contributed by atoms with E-state index < -0.39 is 0 Å². The van der Waals surface area contributed by atoms with Crippen LogP contribution in [0.3, 0.4) is 0 Å². The van der Waals surface area contributed by atoms with E-state index in [1.165, 1.54) is 0 Å². The zero-order valence-corrected chi connectivity index (χ0v) is 22.3. The summed E-state index contributed by atoms with van der Waals surface area (Å²) in [6.07, 6.45) is 0.893. The molecule has 2 amide bonds. The second-order valence-corrected chi connectivity index (χ2v) is 10.4. The summed E-state index contributed by atoms with van der Waals surface area (Å²) in [4.78, 5) is 18.0. The number of methoxy groups -OCH3 is 2. The maximum absolute atomic E-state index is 13.7. The molecule has 0 bridgehead atoms. The summed E-state index contributed by atoms with van der Waals surface area (Å²) in [7, 11) is 5.32. The van der Waals surface area contributed by atoms with Crippen molar-refractivity contribution < 1.29 is 14.3 Å². The lowest BCUT2D eigenvalue weighted by molar-refractivity contribution is 0.0300. The number of ether oxygens (including phenoxy) is 2. The second-order valence-electron chi connectivity index (χ2n) is 9.67. The Bertz CT molecular complexity index is 1010. The first-order valence-electron chi connectivity index (χ1n) is 11.5. The quantitative estimate of drug-likeness (QED) is 0.498. The van der Waals surface area contributed by atoms with Crippen molar-refractivity contribution in [3.63, 3.8) is 0 Å². The molecule has 2 aromatic rings. The van der Waals surface area contributed by atoms with Crippen molar-refractivity contribution in [1.82, 2.24) is 15.1 Å². The van der Waals surface area contributed by atoms with E-state index in [2.05, 4.69) is 31.1 Å². The number of carbonyl (C=O) groups excluding carboxylic acids is 1. The topological polar surface area (TPSA) is 54.0 Å². The summed E-state index contributed by atoms with van der Waals surface area (Å²) in [6, 6.07) is 11.0. The van der Waals surface area contributed by atoms with Crippen LogP contribution in [0, 0.1) is 5.41 Å². The largest absolute Gasteiger partial charge is 0.497 e. The molecule has 186 valence electrons. The molecule has 2 atom stereocenters. The van der Waals surface area contributed by atoms with Gasteiger partial charge >= 0.3 is 6.03 Å². The van der Waals surface area contributed by atoms with Gasteiger partial charge in [-0.2, -0.15) is 0 Å². The molecule has 1 aliphatic rings. The first-order valence-corrected chi connectivity index (χ1v) is 12.2. The van der Waals surface area contributed by atoms with E-state index in [0.29, 0.717) is 22.3 Å². The molecule has 0 saturated carbocycles. The number of urea groups is 1. The van der Waals surface area contributed by atoms with Crippen molar-refractivity contribution >= 4 is 29.2 Å². The zero-order chi connectivity index (χ0) is 25.0. The minimum Gasteiger partial charge on any atom is -0.497 e. The molecule has 3 rings (SSSR count). The van der Waals surface area contributed by atoms with Gasteiger partial charge in [0.2, 0.25) is 0 Å². The molecule has 34 heavy (non-hydrogen) atoms. The van der Waals surface area contributed by atoms with E-state index in [1.54, 1.807) is 20.3 Å². The summed E-state index contributed by atoms with van der Waals surface area (Å²) >= 11 is 12.9. The lowest BCUT2D eigenvalue weighted by Gasteiger charge is -2.48. The molecule has 0 radical (unpaired) electrons. The molecule has 0 aliphatic carbocycles. The monoisotopic (exact) mass is 507 g/mol. The summed E-state index contributed by atoms with van der Waals surface area (Å²) in [5, 5.41) is 3.88. The Morgan fingerprint density at radius 1 is 1.21 bits per heavy atom. The number of nitrogens with zero attached hydrogens (tertiary/aromatic N) is 2. The first kappa shape index (κ1) is 26.5. The Balaban J connectivity index is 1.89. The van der Waals surface area contributed by atoms with Gasteiger partial charge in [-0.05, 0) is 61.7 Å². The van der Waals surface area contributed by atoms with E-state index in [-0.39, 0.29) is 23.5 Å².